The smallest absolute Gasteiger partial charge is 0.251 e. The summed E-state index contributed by atoms with van der Waals surface area (Å²) in [5, 5.41) is 2.95. The largest absolute Gasteiger partial charge is 0.497 e. The van der Waals surface area contributed by atoms with Gasteiger partial charge in [0.05, 0.1) is 7.11 Å². The van der Waals surface area contributed by atoms with Crippen LogP contribution in [0.2, 0.25) is 0 Å². The van der Waals surface area contributed by atoms with E-state index in [-0.39, 0.29) is 5.91 Å². The number of amides is 1. The van der Waals surface area contributed by atoms with E-state index >= 15 is 0 Å². The molecule has 2 aromatic carbocycles. The molecule has 0 aliphatic heterocycles. The Morgan fingerprint density at radius 1 is 1.08 bits per heavy atom. The Morgan fingerprint density at radius 2 is 1.80 bits per heavy atom. The van der Waals surface area contributed by atoms with Gasteiger partial charge in [0.25, 0.3) is 5.91 Å². The van der Waals surface area contributed by atoms with Gasteiger partial charge in [0, 0.05) is 11.3 Å². The normalized spacial score (nSPS) is 11.5. The number of unbranched alkanes of at least 4 members (excludes halogenated alkanes) is 1. The molecule has 0 aliphatic carbocycles. The van der Waals surface area contributed by atoms with E-state index in [4.69, 9.17) is 4.74 Å². The molecule has 2 aromatic rings. The first-order chi connectivity index (χ1) is 12.2. The lowest BCUT2D eigenvalue weighted by Gasteiger charge is -2.09. The molecule has 3 heteroatoms. The summed E-state index contributed by atoms with van der Waals surface area (Å²) in [6, 6.07) is 17.4. The maximum Gasteiger partial charge on any atom is 0.251 e. The summed E-state index contributed by atoms with van der Waals surface area (Å²) in [5.74, 6) is 0.710. The first kappa shape index (κ1) is 18.5. The number of rotatable bonds is 8. The second-order valence-electron chi connectivity index (χ2n) is 5.75. The average Bonchev–Trinajstić information content (AvgIpc) is 2.66. The van der Waals surface area contributed by atoms with E-state index < -0.39 is 0 Å². The third kappa shape index (κ3) is 6.30. The van der Waals surface area contributed by atoms with Crippen molar-refractivity contribution < 1.29 is 9.53 Å². The molecular weight excluding hydrogens is 310 g/mol. The van der Waals surface area contributed by atoms with Gasteiger partial charge in [-0.1, -0.05) is 61.9 Å². The van der Waals surface area contributed by atoms with Crippen LogP contribution < -0.4 is 10.1 Å². The van der Waals surface area contributed by atoms with Crippen LogP contribution in [0, 0.1) is 0 Å². The topological polar surface area (TPSA) is 38.3 Å². The highest BCUT2D eigenvalue weighted by atomic mass is 16.5. The van der Waals surface area contributed by atoms with Gasteiger partial charge in [0.15, 0.2) is 0 Å². The minimum Gasteiger partial charge on any atom is -0.497 e. The molecule has 0 aromatic heterocycles. The molecule has 0 atom stereocenters. The van der Waals surface area contributed by atoms with Gasteiger partial charge in [-0.25, -0.2) is 0 Å². The number of methoxy groups -OCH3 is 1. The van der Waals surface area contributed by atoms with Gasteiger partial charge >= 0.3 is 0 Å². The monoisotopic (exact) mass is 335 g/mol. The van der Waals surface area contributed by atoms with Gasteiger partial charge in [-0.2, -0.15) is 0 Å². The fourth-order valence-electron chi connectivity index (χ4n) is 2.37. The predicted molar refractivity (Wildman–Crippen MR) is 105 cm³/mol. The molecule has 1 amide bonds. The lowest BCUT2D eigenvalue weighted by atomic mass is 10.1. The van der Waals surface area contributed by atoms with Gasteiger partial charge in [-0.15, -0.1) is 0 Å². The van der Waals surface area contributed by atoms with Crippen molar-refractivity contribution in [3.05, 3.63) is 77.9 Å². The van der Waals surface area contributed by atoms with Gasteiger partial charge in [-0.05, 0) is 42.7 Å². The Kier molecular flexibility index (Phi) is 7.51. The highest BCUT2D eigenvalue weighted by Crippen LogP contribution is 2.17. The minimum absolute atomic E-state index is 0.0590. The minimum atomic E-state index is -0.0590. The van der Waals surface area contributed by atoms with Crippen LogP contribution in [0.1, 0.15) is 31.7 Å². The summed E-state index contributed by atoms with van der Waals surface area (Å²) in [7, 11) is 1.62. The molecule has 0 heterocycles. The lowest BCUT2D eigenvalue weighted by Crippen LogP contribution is -2.14. The molecular formula is C22H25NO2. The fraction of sp³-hybridized carbons (Fsp3) is 0.227. The van der Waals surface area contributed by atoms with Crippen LogP contribution in [-0.2, 0) is 4.79 Å². The van der Waals surface area contributed by atoms with E-state index in [9.17, 15) is 4.79 Å². The number of ether oxygens (including phenoxy) is 1. The third-order valence-electron chi connectivity index (χ3n) is 3.82. The highest BCUT2D eigenvalue weighted by Gasteiger charge is 2.08. The molecule has 130 valence electrons. The van der Waals surface area contributed by atoms with E-state index in [1.165, 1.54) is 0 Å². The van der Waals surface area contributed by atoms with Crippen LogP contribution in [0.15, 0.2) is 72.3 Å². The summed E-state index contributed by atoms with van der Waals surface area (Å²) in [6.07, 6.45) is 8.65. The molecule has 0 unspecified atom stereocenters. The Morgan fingerprint density at radius 3 is 2.44 bits per heavy atom. The molecule has 0 bridgehead atoms. The number of hydrogen-bond donors (Lipinski definition) is 1. The number of benzene rings is 2. The van der Waals surface area contributed by atoms with E-state index in [1.807, 2.05) is 72.8 Å². The highest BCUT2D eigenvalue weighted by molar-refractivity contribution is 6.04. The molecule has 0 saturated heterocycles. The van der Waals surface area contributed by atoms with Crippen LogP contribution in [-0.4, -0.2) is 13.0 Å². The number of carbonyl (C=O) groups excluding carboxylic acids is 1. The van der Waals surface area contributed by atoms with Crippen molar-refractivity contribution in [3.8, 4) is 5.75 Å². The molecule has 0 aliphatic rings. The Bertz CT molecular complexity index is 715. The predicted octanol–water partition coefficient (Wildman–Crippen LogP) is 5.46. The molecule has 2 rings (SSSR count). The summed E-state index contributed by atoms with van der Waals surface area (Å²) in [6.45, 7) is 2.12. The zero-order chi connectivity index (χ0) is 17.9. The maximum absolute atomic E-state index is 12.6. The quantitative estimate of drug-likeness (QED) is 0.513. The number of carbonyl (C=O) groups is 1. The first-order valence-corrected chi connectivity index (χ1v) is 8.60. The van der Waals surface area contributed by atoms with E-state index in [1.54, 1.807) is 7.11 Å². The lowest BCUT2D eigenvalue weighted by molar-refractivity contribution is -0.113. The van der Waals surface area contributed by atoms with Crippen LogP contribution in [0.4, 0.5) is 5.69 Å². The second kappa shape index (κ2) is 10.1. The first-order valence-electron chi connectivity index (χ1n) is 8.60. The van der Waals surface area contributed by atoms with Crippen LogP contribution in [0.5, 0.6) is 5.75 Å². The molecule has 1 N–H and O–H groups in total. The zero-order valence-electron chi connectivity index (χ0n) is 14.9. The number of anilines is 1. The van der Waals surface area contributed by atoms with E-state index in [2.05, 4.69) is 12.2 Å². The maximum atomic E-state index is 12.6. The Balaban J connectivity index is 2.07. The van der Waals surface area contributed by atoms with Crippen LogP contribution in [0.3, 0.4) is 0 Å². The second-order valence-corrected chi connectivity index (χ2v) is 5.75. The third-order valence-corrected chi connectivity index (χ3v) is 3.82. The van der Waals surface area contributed by atoms with Gasteiger partial charge in [0.2, 0.25) is 0 Å². The molecule has 0 saturated carbocycles. The Hall–Kier alpha value is -2.81. The molecule has 3 nitrogen and oxygen atoms in total. The SMILES string of the molecule is CCCC/C(=C/C=C/c1ccccc1)C(=O)Nc1ccc(OC)cc1. The molecule has 0 spiro atoms. The summed E-state index contributed by atoms with van der Waals surface area (Å²) >= 11 is 0. The molecule has 0 fully saturated rings. The van der Waals surface area contributed by atoms with E-state index in [0.29, 0.717) is 0 Å². The van der Waals surface area contributed by atoms with Gasteiger partial charge < -0.3 is 10.1 Å². The van der Waals surface area contributed by atoms with Crippen molar-refractivity contribution in [2.24, 2.45) is 0 Å². The number of nitrogens with one attached hydrogen (secondary N) is 1. The number of hydrogen-bond acceptors (Lipinski definition) is 2. The molecule has 0 radical (unpaired) electrons. The van der Waals surface area contributed by atoms with Crippen molar-refractivity contribution >= 4 is 17.7 Å². The fourth-order valence-corrected chi connectivity index (χ4v) is 2.37. The van der Waals surface area contributed by atoms with Crippen LogP contribution in [0.25, 0.3) is 6.08 Å². The van der Waals surface area contributed by atoms with E-state index in [0.717, 1.165) is 41.8 Å². The standard InChI is InChI=1S/C22H25NO2/c1-3-4-12-19(13-8-11-18-9-6-5-7-10-18)22(24)23-20-14-16-21(25-2)17-15-20/h5-11,13-17H,3-4,12H2,1-2H3,(H,23,24)/b11-8+,19-13-. The summed E-state index contributed by atoms with van der Waals surface area (Å²) < 4.78 is 5.14. The van der Waals surface area contributed by atoms with Crippen molar-refractivity contribution in [2.45, 2.75) is 26.2 Å². The summed E-state index contributed by atoms with van der Waals surface area (Å²) in [5.41, 5.74) is 2.66. The van der Waals surface area contributed by atoms with Gasteiger partial charge in [-0.3, -0.25) is 4.79 Å². The number of allylic oxidation sites excluding steroid dienone is 2. The average molecular weight is 335 g/mol. The van der Waals surface area contributed by atoms with Crippen molar-refractivity contribution in [3.63, 3.8) is 0 Å². The summed E-state index contributed by atoms with van der Waals surface area (Å²) in [4.78, 5) is 12.6. The molecule has 25 heavy (non-hydrogen) atoms. The Labute approximate surface area is 150 Å². The van der Waals surface area contributed by atoms with Crippen molar-refractivity contribution in [1.29, 1.82) is 0 Å². The zero-order valence-corrected chi connectivity index (χ0v) is 14.9. The van der Waals surface area contributed by atoms with Crippen molar-refractivity contribution in [2.75, 3.05) is 12.4 Å². The van der Waals surface area contributed by atoms with Gasteiger partial charge in [0.1, 0.15) is 5.75 Å². The van der Waals surface area contributed by atoms with Crippen molar-refractivity contribution in [1.82, 2.24) is 0 Å². The van der Waals surface area contributed by atoms with Crippen LogP contribution >= 0.6 is 0 Å².